The highest BCUT2D eigenvalue weighted by atomic mass is 79.9. The first kappa shape index (κ1) is 17.1. The zero-order chi connectivity index (χ0) is 16.7. The maximum atomic E-state index is 12.9. The molecule has 2 aromatic rings. The zero-order valence-corrected chi connectivity index (χ0v) is 16.3. The first-order valence-electron chi connectivity index (χ1n) is 7.12. The Balaban J connectivity index is 2.00. The number of nitrogens with one attached hydrogen (secondary N) is 1. The highest BCUT2D eigenvalue weighted by Crippen LogP contribution is 2.39. The Kier molecular flexibility index (Phi) is 4.65. The van der Waals surface area contributed by atoms with Crippen molar-refractivity contribution < 1.29 is 12.9 Å². The van der Waals surface area contributed by atoms with Gasteiger partial charge in [-0.05, 0) is 47.0 Å². The molecule has 0 amide bonds. The second kappa shape index (κ2) is 6.27. The maximum absolute atomic E-state index is 12.9. The molecule has 3 rings (SSSR count). The van der Waals surface area contributed by atoms with E-state index in [1.54, 1.807) is 25.1 Å². The number of sulfonamides is 1. The third-order valence-electron chi connectivity index (χ3n) is 3.93. The molecule has 0 aliphatic heterocycles. The van der Waals surface area contributed by atoms with E-state index in [4.69, 9.17) is 4.52 Å². The van der Waals surface area contributed by atoms with Gasteiger partial charge < -0.3 is 4.52 Å². The van der Waals surface area contributed by atoms with Crippen LogP contribution in [0, 0.1) is 6.92 Å². The van der Waals surface area contributed by atoms with E-state index in [0.29, 0.717) is 29.0 Å². The van der Waals surface area contributed by atoms with Crippen molar-refractivity contribution in [3.63, 3.8) is 0 Å². The Bertz CT molecular complexity index is 830. The molecular formula is C14H15Br2N3O3S. The lowest BCUT2D eigenvalue weighted by Crippen LogP contribution is -2.44. The highest BCUT2D eigenvalue weighted by molar-refractivity contribution is 9.11. The molecule has 9 heteroatoms. The van der Waals surface area contributed by atoms with Gasteiger partial charge in [0, 0.05) is 15.9 Å². The Labute approximate surface area is 151 Å². The summed E-state index contributed by atoms with van der Waals surface area (Å²) in [6, 6.07) is 4.95. The molecule has 1 fully saturated rings. The fourth-order valence-electron chi connectivity index (χ4n) is 2.85. The fourth-order valence-corrected chi connectivity index (χ4v) is 6.02. The number of benzene rings is 1. The summed E-state index contributed by atoms with van der Waals surface area (Å²) >= 11 is 6.63. The standard InChI is InChI=1S/C14H15Br2N3O3S/c1-9-17-13(18-22-9)14(6-2-3-7-14)19-23(20,21)12-5-4-10(15)8-11(12)16/h4-5,8,19H,2-3,6-7H2,1H3. The lowest BCUT2D eigenvalue weighted by Gasteiger charge is -2.26. The predicted molar refractivity (Wildman–Crippen MR) is 91.3 cm³/mol. The summed E-state index contributed by atoms with van der Waals surface area (Å²) in [4.78, 5) is 4.44. The summed E-state index contributed by atoms with van der Waals surface area (Å²) in [6.07, 6.45) is 3.13. The van der Waals surface area contributed by atoms with Crippen LogP contribution in [-0.4, -0.2) is 18.6 Å². The second-order valence-electron chi connectivity index (χ2n) is 5.61. The van der Waals surface area contributed by atoms with Gasteiger partial charge in [-0.3, -0.25) is 0 Å². The number of rotatable bonds is 4. The van der Waals surface area contributed by atoms with Gasteiger partial charge >= 0.3 is 0 Å². The summed E-state index contributed by atoms with van der Waals surface area (Å²) in [5, 5.41) is 3.95. The van der Waals surface area contributed by atoms with Gasteiger partial charge in [0.05, 0.1) is 10.4 Å². The van der Waals surface area contributed by atoms with Crippen LogP contribution >= 0.6 is 31.9 Å². The largest absolute Gasteiger partial charge is 0.340 e. The Morgan fingerprint density at radius 3 is 2.52 bits per heavy atom. The van der Waals surface area contributed by atoms with E-state index in [1.807, 2.05) is 0 Å². The fraction of sp³-hybridized carbons (Fsp3) is 0.429. The Morgan fingerprint density at radius 1 is 1.26 bits per heavy atom. The van der Waals surface area contributed by atoms with Gasteiger partial charge in [0.15, 0.2) is 5.82 Å². The minimum Gasteiger partial charge on any atom is -0.340 e. The van der Waals surface area contributed by atoms with Crippen molar-refractivity contribution >= 4 is 41.9 Å². The highest BCUT2D eigenvalue weighted by Gasteiger charge is 2.43. The van der Waals surface area contributed by atoms with Crippen molar-refractivity contribution in [3.8, 4) is 0 Å². The Morgan fingerprint density at radius 2 is 1.96 bits per heavy atom. The molecule has 1 aliphatic rings. The molecule has 1 heterocycles. The number of nitrogens with zero attached hydrogens (tertiary/aromatic N) is 2. The molecule has 23 heavy (non-hydrogen) atoms. The van der Waals surface area contributed by atoms with Gasteiger partial charge in [-0.2, -0.15) is 9.71 Å². The Hall–Kier alpha value is -0.770. The van der Waals surface area contributed by atoms with Crippen molar-refractivity contribution in [2.75, 3.05) is 0 Å². The minimum atomic E-state index is -3.73. The van der Waals surface area contributed by atoms with Crippen LogP contribution in [0.4, 0.5) is 0 Å². The molecule has 1 aromatic heterocycles. The van der Waals surface area contributed by atoms with Gasteiger partial charge in [-0.15, -0.1) is 0 Å². The molecule has 1 aromatic carbocycles. The molecule has 0 spiro atoms. The zero-order valence-electron chi connectivity index (χ0n) is 12.3. The average molecular weight is 465 g/mol. The van der Waals surface area contributed by atoms with Gasteiger partial charge in [-0.25, -0.2) is 8.42 Å². The molecule has 0 bridgehead atoms. The quantitative estimate of drug-likeness (QED) is 0.746. The van der Waals surface area contributed by atoms with Crippen LogP contribution in [-0.2, 0) is 15.6 Å². The molecule has 6 nitrogen and oxygen atoms in total. The molecular weight excluding hydrogens is 450 g/mol. The molecule has 0 atom stereocenters. The van der Waals surface area contributed by atoms with Crippen LogP contribution in [0.1, 0.15) is 37.4 Å². The van der Waals surface area contributed by atoms with Crippen LogP contribution in [0.3, 0.4) is 0 Å². The molecule has 124 valence electrons. The van der Waals surface area contributed by atoms with E-state index < -0.39 is 15.6 Å². The van der Waals surface area contributed by atoms with Gasteiger partial charge in [0.25, 0.3) is 0 Å². The van der Waals surface area contributed by atoms with Crippen molar-refractivity contribution in [1.29, 1.82) is 0 Å². The van der Waals surface area contributed by atoms with E-state index in [2.05, 4.69) is 46.7 Å². The predicted octanol–water partition coefficient (Wildman–Crippen LogP) is 3.65. The van der Waals surface area contributed by atoms with Crippen molar-refractivity contribution in [3.05, 3.63) is 38.9 Å². The molecule has 1 aliphatic carbocycles. The molecule has 0 unspecified atom stereocenters. The number of halogens is 2. The molecule has 0 radical (unpaired) electrons. The van der Waals surface area contributed by atoms with E-state index in [9.17, 15) is 8.42 Å². The average Bonchev–Trinajstić information content (AvgIpc) is 3.08. The molecule has 0 saturated heterocycles. The van der Waals surface area contributed by atoms with Crippen LogP contribution in [0.15, 0.2) is 36.6 Å². The van der Waals surface area contributed by atoms with Crippen molar-refractivity contribution in [2.24, 2.45) is 0 Å². The summed E-state index contributed by atoms with van der Waals surface area (Å²) in [5.41, 5.74) is -0.802. The minimum absolute atomic E-state index is 0.187. The first-order valence-corrected chi connectivity index (χ1v) is 10.2. The number of aryl methyl sites for hydroxylation is 1. The summed E-state index contributed by atoms with van der Waals surface area (Å²) < 4.78 is 34.9. The smallest absolute Gasteiger partial charge is 0.242 e. The van der Waals surface area contributed by atoms with Gasteiger partial charge in [0.2, 0.25) is 15.9 Å². The van der Waals surface area contributed by atoms with Crippen LogP contribution in [0.25, 0.3) is 0 Å². The van der Waals surface area contributed by atoms with Gasteiger partial charge in [0.1, 0.15) is 0 Å². The molecule has 1 saturated carbocycles. The summed E-state index contributed by atoms with van der Waals surface area (Å²) in [7, 11) is -3.73. The third-order valence-corrected chi connectivity index (χ3v) is 6.93. The third kappa shape index (κ3) is 3.38. The second-order valence-corrected chi connectivity index (χ2v) is 9.03. The number of aromatic nitrogens is 2. The van der Waals surface area contributed by atoms with Crippen LogP contribution in [0.2, 0.25) is 0 Å². The van der Waals surface area contributed by atoms with E-state index in [0.717, 1.165) is 17.3 Å². The SMILES string of the molecule is Cc1nc(C2(NS(=O)(=O)c3ccc(Br)cc3Br)CCCC2)no1. The number of hydrogen-bond donors (Lipinski definition) is 1. The maximum Gasteiger partial charge on any atom is 0.242 e. The van der Waals surface area contributed by atoms with E-state index in [-0.39, 0.29) is 4.90 Å². The first-order chi connectivity index (χ1) is 10.8. The van der Waals surface area contributed by atoms with Crippen LogP contribution < -0.4 is 4.72 Å². The van der Waals surface area contributed by atoms with Crippen LogP contribution in [0.5, 0.6) is 0 Å². The lowest BCUT2D eigenvalue weighted by molar-refractivity contribution is 0.338. The lowest BCUT2D eigenvalue weighted by atomic mass is 9.99. The normalized spacial score (nSPS) is 17.5. The topological polar surface area (TPSA) is 85.1 Å². The summed E-state index contributed by atoms with van der Waals surface area (Å²) in [5.74, 6) is 0.833. The number of hydrogen-bond acceptors (Lipinski definition) is 5. The summed E-state index contributed by atoms with van der Waals surface area (Å²) in [6.45, 7) is 1.69. The van der Waals surface area contributed by atoms with Crippen molar-refractivity contribution in [1.82, 2.24) is 14.9 Å². The van der Waals surface area contributed by atoms with Gasteiger partial charge in [-0.1, -0.05) is 33.9 Å². The van der Waals surface area contributed by atoms with E-state index in [1.165, 1.54) is 0 Å². The van der Waals surface area contributed by atoms with Crippen molar-refractivity contribution in [2.45, 2.75) is 43.0 Å². The molecule has 1 N–H and O–H groups in total. The van der Waals surface area contributed by atoms with E-state index >= 15 is 0 Å². The monoisotopic (exact) mass is 463 g/mol.